The molecular formula is C11H10N2O2. The molecule has 0 atom stereocenters. The van der Waals surface area contributed by atoms with Crippen molar-refractivity contribution in [2.24, 2.45) is 11.5 Å². The Morgan fingerprint density at radius 2 is 1.80 bits per heavy atom. The molecule has 0 aromatic heterocycles. The van der Waals surface area contributed by atoms with Gasteiger partial charge in [-0.05, 0) is 18.1 Å². The van der Waals surface area contributed by atoms with E-state index in [1.807, 2.05) is 0 Å². The molecule has 0 saturated heterocycles. The SMILES string of the molecule is NCC(=O)c1ccc(C#CC(N)=O)cc1. The summed E-state index contributed by atoms with van der Waals surface area (Å²) in [6.07, 6.45) is 0. The molecule has 1 amide bonds. The van der Waals surface area contributed by atoms with Crippen LogP contribution in [0.3, 0.4) is 0 Å². The van der Waals surface area contributed by atoms with Gasteiger partial charge in [-0.2, -0.15) is 0 Å². The van der Waals surface area contributed by atoms with E-state index in [0.717, 1.165) is 0 Å². The quantitative estimate of drug-likeness (QED) is 0.508. The van der Waals surface area contributed by atoms with Crippen LogP contribution in [0.2, 0.25) is 0 Å². The summed E-state index contributed by atoms with van der Waals surface area (Å²) in [6.45, 7) is -0.0215. The van der Waals surface area contributed by atoms with Gasteiger partial charge in [0, 0.05) is 11.1 Å². The Morgan fingerprint density at radius 3 is 2.27 bits per heavy atom. The van der Waals surface area contributed by atoms with Gasteiger partial charge in [-0.25, -0.2) is 0 Å². The van der Waals surface area contributed by atoms with Crippen molar-refractivity contribution in [1.29, 1.82) is 0 Å². The summed E-state index contributed by atoms with van der Waals surface area (Å²) in [5, 5.41) is 0. The fraction of sp³-hybridized carbons (Fsp3) is 0.0909. The van der Waals surface area contributed by atoms with E-state index in [9.17, 15) is 9.59 Å². The molecule has 1 aromatic rings. The lowest BCUT2D eigenvalue weighted by Gasteiger charge is -1.96. The van der Waals surface area contributed by atoms with Gasteiger partial charge in [-0.3, -0.25) is 9.59 Å². The fourth-order valence-corrected chi connectivity index (χ4v) is 0.991. The molecule has 0 aliphatic carbocycles. The van der Waals surface area contributed by atoms with Crippen LogP contribution < -0.4 is 11.5 Å². The molecule has 0 radical (unpaired) electrons. The highest BCUT2D eigenvalue weighted by molar-refractivity contribution is 5.97. The first-order valence-corrected chi connectivity index (χ1v) is 4.28. The van der Waals surface area contributed by atoms with E-state index in [2.05, 4.69) is 11.8 Å². The third-order valence-corrected chi connectivity index (χ3v) is 1.72. The average molecular weight is 202 g/mol. The lowest BCUT2D eigenvalue weighted by molar-refractivity contribution is -0.112. The molecule has 0 spiro atoms. The molecule has 0 saturated carbocycles. The number of carbonyl (C=O) groups is 2. The summed E-state index contributed by atoms with van der Waals surface area (Å²) >= 11 is 0. The van der Waals surface area contributed by atoms with Gasteiger partial charge in [0.25, 0.3) is 5.91 Å². The Balaban J connectivity index is 2.87. The minimum absolute atomic E-state index is 0.0215. The second-order valence-corrected chi connectivity index (χ2v) is 2.82. The normalized spacial score (nSPS) is 8.87. The number of rotatable bonds is 2. The van der Waals surface area contributed by atoms with E-state index in [1.54, 1.807) is 24.3 Å². The van der Waals surface area contributed by atoms with Crippen molar-refractivity contribution in [2.45, 2.75) is 0 Å². The number of carbonyl (C=O) groups excluding carboxylic acids is 2. The van der Waals surface area contributed by atoms with Crippen LogP contribution in [0.25, 0.3) is 0 Å². The van der Waals surface area contributed by atoms with Gasteiger partial charge < -0.3 is 11.5 Å². The molecule has 4 heteroatoms. The fourth-order valence-electron chi connectivity index (χ4n) is 0.991. The number of ketones is 1. The lowest BCUT2D eigenvalue weighted by Crippen LogP contribution is -2.13. The van der Waals surface area contributed by atoms with Crippen molar-refractivity contribution >= 4 is 11.7 Å². The molecule has 0 unspecified atom stereocenters. The highest BCUT2D eigenvalue weighted by Crippen LogP contribution is 2.03. The first-order valence-electron chi connectivity index (χ1n) is 4.28. The maximum Gasteiger partial charge on any atom is 0.293 e. The number of nitrogens with two attached hydrogens (primary N) is 2. The number of benzene rings is 1. The molecule has 1 rings (SSSR count). The second-order valence-electron chi connectivity index (χ2n) is 2.82. The monoisotopic (exact) mass is 202 g/mol. The van der Waals surface area contributed by atoms with Gasteiger partial charge in [0.2, 0.25) is 0 Å². The molecule has 15 heavy (non-hydrogen) atoms. The Morgan fingerprint density at radius 1 is 1.20 bits per heavy atom. The minimum atomic E-state index is -0.683. The highest BCUT2D eigenvalue weighted by Gasteiger charge is 2.01. The second kappa shape index (κ2) is 4.94. The molecule has 76 valence electrons. The van der Waals surface area contributed by atoms with Gasteiger partial charge in [-0.15, -0.1) is 0 Å². The Hall–Kier alpha value is -2.12. The predicted octanol–water partition coefficient (Wildman–Crippen LogP) is -0.335. The smallest absolute Gasteiger partial charge is 0.293 e. The van der Waals surface area contributed by atoms with Crippen LogP contribution in [-0.4, -0.2) is 18.2 Å². The van der Waals surface area contributed by atoms with Crippen molar-refractivity contribution < 1.29 is 9.59 Å². The maximum atomic E-state index is 11.2. The highest BCUT2D eigenvalue weighted by atomic mass is 16.1. The summed E-state index contributed by atoms with van der Waals surface area (Å²) < 4.78 is 0. The van der Waals surface area contributed by atoms with Crippen molar-refractivity contribution in [1.82, 2.24) is 0 Å². The lowest BCUT2D eigenvalue weighted by atomic mass is 10.1. The topological polar surface area (TPSA) is 86.2 Å². The molecule has 0 aliphatic rings. The predicted molar refractivity (Wildman–Crippen MR) is 55.9 cm³/mol. The number of amides is 1. The van der Waals surface area contributed by atoms with Gasteiger partial charge in [-0.1, -0.05) is 18.1 Å². The van der Waals surface area contributed by atoms with Gasteiger partial charge >= 0.3 is 0 Å². The summed E-state index contributed by atoms with van der Waals surface area (Å²) in [5.74, 6) is 3.95. The number of Topliss-reactive ketones (excluding diaryl/α,β-unsaturated/α-hetero) is 1. The van der Waals surface area contributed by atoms with E-state index < -0.39 is 5.91 Å². The van der Waals surface area contributed by atoms with Crippen LogP contribution in [0.4, 0.5) is 0 Å². The van der Waals surface area contributed by atoms with Gasteiger partial charge in [0.15, 0.2) is 5.78 Å². The number of hydrogen-bond donors (Lipinski definition) is 2. The number of primary amides is 1. The maximum absolute atomic E-state index is 11.2. The summed E-state index contributed by atoms with van der Waals surface area (Å²) in [5.41, 5.74) is 11.2. The molecule has 0 aliphatic heterocycles. The third-order valence-electron chi connectivity index (χ3n) is 1.72. The molecular weight excluding hydrogens is 192 g/mol. The third kappa shape index (κ3) is 3.25. The Kier molecular flexibility index (Phi) is 3.61. The van der Waals surface area contributed by atoms with Gasteiger partial charge in [0.1, 0.15) is 0 Å². The summed E-state index contributed by atoms with van der Waals surface area (Å²) in [6, 6.07) is 6.50. The van der Waals surface area contributed by atoms with Gasteiger partial charge in [0.05, 0.1) is 6.54 Å². The summed E-state index contributed by atoms with van der Waals surface area (Å²) in [4.78, 5) is 21.5. The van der Waals surface area contributed by atoms with E-state index in [0.29, 0.717) is 11.1 Å². The van der Waals surface area contributed by atoms with Crippen molar-refractivity contribution in [3.05, 3.63) is 35.4 Å². The van der Waals surface area contributed by atoms with Crippen molar-refractivity contribution in [2.75, 3.05) is 6.54 Å². The zero-order chi connectivity index (χ0) is 11.3. The molecule has 0 fully saturated rings. The minimum Gasteiger partial charge on any atom is -0.359 e. The van der Waals surface area contributed by atoms with E-state index in [1.165, 1.54) is 0 Å². The molecule has 0 bridgehead atoms. The summed E-state index contributed by atoms with van der Waals surface area (Å²) in [7, 11) is 0. The molecule has 4 N–H and O–H groups in total. The average Bonchev–Trinajstić information content (AvgIpc) is 2.26. The molecule has 0 heterocycles. The van der Waals surface area contributed by atoms with Crippen LogP contribution >= 0.6 is 0 Å². The Bertz CT molecular complexity index is 438. The van der Waals surface area contributed by atoms with Crippen molar-refractivity contribution in [3.8, 4) is 11.8 Å². The van der Waals surface area contributed by atoms with E-state index in [4.69, 9.17) is 11.5 Å². The zero-order valence-corrected chi connectivity index (χ0v) is 7.99. The van der Waals surface area contributed by atoms with E-state index in [-0.39, 0.29) is 12.3 Å². The zero-order valence-electron chi connectivity index (χ0n) is 7.99. The van der Waals surface area contributed by atoms with Crippen LogP contribution in [0, 0.1) is 11.8 Å². The first kappa shape index (κ1) is 11.0. The number of hydrogen-bond acceptors (Lipinski definition) is 3. The van der Waals surface area contributed by atoms with Crippen molar-refractivity contribution in [3.63, 3.8) is 0 Å². The van der Waals surface area contributed by atoms with Crippen LogP contribution in [0.5, 0.6) is 0 Å². The standard InChI is InChI=1S/C11H10N2O2/c12-7-10(14)9-4-1-8(2-5-9)3-6-11(13)15/h1-2,4-5H,7,12H2,(H2,13,15). The van der Waals surface area contributed by atoms with Crippen LogP contribution in [-0.2, 0) is 4.79 Å². The molecule has 4 nitrogen and oxygen atoms in total. The molecule has 1 aromatic carbocycles. The first-order chi connectivity index (χ1) is 7.13. The van der Waals surface area contributed by atoms with E-state index >= 15 is 0 Å². The Labute approximate surface area is 87.3 Å². The largest absolute Gasteiger partial charge is 0.359 e. The van der Waals surface area contributed by atoms with Crippen LogP contribution in [0.15, 0.2) is 24.3 Å². The van der Waals surface area contributed by atoms with Crippen LogP contribution in [0.1, 0.15) is 15.9 Å².